The van der Waals surface area contributed by atoms with Crippen LogP contribution in [0.4, 0.5) is 0 Å². The molecule has 2 aromatic rings. The first-order valence-corrected chi connectivity index (χ1v) is 15.0. The number of methoxy groups -OCH3 is 1. The highest BCUT2D eigenvalue weighted by Crippen LogP contribution is 2.52. The zero-order valence-electron chi connectivity index (χ0n) is 25.0. The van der Waals surface area contributed by atoms with Gasteiger partial charge in [0.15, 0.2) is 17.9 Å². The van der Waals surface area contributed by atoms with Gasteiger partial charge in [-0.25, -0.2) is 0 Å². The molecule has 0 bridgehead atoms. The average molecular weight is 628 g/mol. The van der Waals surface area contributed by atoms with Gasteiger partial charge in [-0.15, -0.1) is 0 Å². The number of fused-ring (bicyclic) bond motifs is 3. The predicted octanol–water partition coefficient (Wildman–Crippen LogP) is 1.20. The average Bonchev–Trinajstić information content (AvgIpc) is 3.04. The molecule has 0 aromatic heterocycles. The second kappa shape index (κ2) is 12.1. The van der Waals surface area contributed by atoms with E-state index in [1.54, 1.807) is 0 Å². The molecule has 45 heavy (non-hydrogen) atoms. The van der Waals surface area contributed by atoms with Gasteiger partial charge in [0.2, 0.25) is 5.78 Å². The van der Waals surface area contributed by atoms with Gasteiger partial charge in [-0.1, -0.05) is 12.1 Å². The fourth-order valence-electron chi connectivity index (χ4n) is 6.91. The molecule has 13 nitrogen and oxygen atoms in total. The largest absolute Gasteiger partial charge is 0.507 e. The van der Waals surface area contributed by atoms with Gasteiger partial charge in [0, 0.05) is 36.1 Å². The summed E-state index contributed by atoms with van der Waals surface area (Å²) in [4.78, 5) is 40.3. The lowest BCUT2D eigenvalue weighted by atomic mass is 9.71. The van der Waals surface area contributed by atoms with Crippen LogP contribution in [-0.4, -0.2) is 101 Å². The van der Waals surface area contributed by atoms with E-state index in [-0.39, 0.29) is 34.6 Å². The Morgan fingerprint density at radius 1 is 1.07 bits per heavy atom. The van der Waals surface area contributed by atoms with Gasteiger partial charge in [0.1, 0.15) is 35.6 Å². The summed E-state index contributed by atoms with van der Waals surface area (Å²) >= 11 is 0. The number of Topliss-reactive ketones (excluding diaryl/α,β-unsaturated/α-hetero) is 1. The summed E-state index contributed by atoms with van der Waals surface area (Å²) in [5, 5.41) is 44.4. The number of carbonyl (C=O) groups is 3. The van der Waals surface area contributed by atoms with Crippen molar-refractivity contribution in [2.24, 2.45) is 5.73 Å². The van der Waals surface area contributed by atoms with Crippen LogP contribution in [0.25, 0.3) is 0 Å². The van der Waals surface area contributed by atoms with Gasteiger partial charge in [-0.3, -0.25) is 14.4 Å². The number of aromatic hydroxyl groups is 2. The molecule has 0 radical (unpaired) electrons. The molecule has 2 fully saturated rings. The van der Waals surface area contributed by atoms with E-state index in [0.717, 1.165) is 12.8 Å². The number of aliphatic hydroxyl groups is 2. The molecule has 6 rings (SSSR count). The number of phenols is 2. The van der Waals surface area contributed by atoms with Crippen molar-refractivity contribution in [3.63, 3.8) is 0 Å². The third kappa shape index (κ3) is 5.22. The SMILES string of the molecule is COc1cccc2c1C(=O)c1c(O)c3c(c(O)c1C2=O)C[C@@](O)(C(=O)CO)C[C@@H]3OC1CO[C@@H](C)[C@@H](OC2CCCCO2)[C@H]1N. The van der Waals surface area contributed by atoms with Crippen molar-refractivity contribution in [3.05, 3.63) is 51.6 Å². The van der Waals surface area contributed by atoms with E-state index >= 15 is 0 Å². The molecule has 2 heterocycles. The number of benzene rings is 2. The summed E-state index contributed by atoms with van der Waals surface area (Å²) < 4.78 is 29.5. The van der Waals surface area contributed by atoms with E-state index in [2.05, 4.69) is 0 Å². The van der Waals surface area contributed by atoms with Crippen LogP contribution in [0.5, 0.6) is 17.2 Å². The van der Waals surface area contributed by atoms with Crippen molar-refractivity contribution in [2.45, 2.75) is 81.4 Å². The molecule has 2 unspecified atom stereocenters. The lowest BCUT2D eigenvalue weighted by Gasteiger charge is -2.44. The van der Waals surface area contributed by atoms with Gasteiger partial charge < -0.3 is 49.8 Å². The fraction of sp³-hybridized carbons (Fsp3) is 0.531. The van der Waals surface area contributed by atoms with Crippen LogP contribution in [0, 0.1) is 0 Å². The van der Waals surface area contributed by atoms with Crippen molar-refractivity contribution in [1.29, 1.82) is 0 Å². The second-order valence-corrected chi connectivity index (χ2v) is 12.1. The summed E-state index contributed by atoms with van der Waals surface area (Å²) in [6.07, 6.45) is -2.23. The molecular formula is C32H37NO12. The summed E-state index contributed by atoms with van der Waals surface area (Å²) in [5.41, 5.74) is 3.12. The Balaban J connectivity index is 1.42. The number of rotatable bonds is 7. The smallest absolute Gasteiger partial charge is 0.202 e. The number of nitrogens with two attached hydrogens (primary N) is 1. The molecule has 7 atom stereocenters. The lowest BCUT2D eigenvalue weighted by Crippen LogP contribution is -2.60. The van der Waals surface area contributed by atoms with Gasteiger partial charge in [0.05, 0.1) is 54.8 Å². The van der Waals surface area contributed by atoms with Crippen molar-refractivity contribution in [1.82, 2.24) is 0 Å². The topological polar surface area (TPSA) is 204 Å². The summed E-state index contributed by atoms with van der Waals surface area (Å²) in [6, 6.07) is 3.63. The minimum absolute atomic E-state index is 0.00833. The highest BCUT2D eigenvalue weighted by molar-refractivity contribution is 6.31. The lowest BCUT2D eigenvalue weighted by molar-refractivity contribution is -0.247. The van der Waals surface area contributed by atoms with Crippen LogP contribution in [0.15, 0.2) is 18.2 Å². The van der Waals surface area contributed by atoms with E-state index in [0.29, 0.717) is 13.0 Å². The minimum Gasteiger partial charge on any atom is -0.507 e. The standard InChI is InChI=1S/C32H37NO12/c1-14-31(45-21-8-3-4-9-42-21)26(33)19(13-43-14)44-18-11-32(40,20(35)12-34)10-16-23(18)30(39)25-24(28(16)37)27(36)15-6-5-7-17(41-2)22(15)29(25)38/h5-7,14,18-19,21,26,31,34,37,39-40H,3-4,8-13,33H2,1-2H3/t14-,18-,19?,21?,26-,31+,32-/m0/s1. The molecule has 2 saturated heterocycles. The first-order valence-electron chi connectivity index (χ1n) is 15.0. The third-order valence-corrected chi connectivity index (χ3v) is 9.32. The Morgan fingerprint density at radius 2 is 1.82 bits per heavy atom. The first-order chi connectivity index (χ1) is 21.5. The summed E-state index contributed by atoms with van der Waals surface area (Å²) in [7, 11) is 1.34. The van der Waals surface area contributed by atoms with E-state index in [9.17, 15) is 34.8 Å². The molecule has 2 aromatic carbocycles. The zero-order chi connectivity index (χ0) is 32.2. The number of ether oxygens (including phenoxy) is 5. The quantitative estimate of drug-likeness (QED) is 0.234. The molecule has 242 valence electrons. The van der Waals surface area contributed by atoms with Crippen LogP contribution in [0.2, 0.25) is 0 Å². The van der Waals surface area contributed by atoms with Gasteiger partial charge in [-0.2, -0.15) is 0 Å². The Kier molecular flexibility index (Phi) is 8.46. The van der Waals surface area contributed by atoms with E-state index in [1.165, 1.54) is 25.3 Å². The maximum absolute atomic E-state index is 13.8. The number of carbonyl (C=O) groups excluding carboxylic acids is 3. The second-order valence-electron chi connectivity index (χ2n) is 12.1. The maximum Gasteiger partial charge on any atom is 0.202 e. The number of phenolic OH excluding ortho intramolecular Hbond substituents is 2. The van der Waals surface area contributed by atoms with Crippen molar-refractivity contribution in [3.8, 4) is 17.2 Å². The van der Waals surface area contributed by atoms with Crippen molar-refractivity contribution >= 4 is 17.3 Å². The number of hydrogen-bond acceptors (Lipinski definition) is 13. The number of hydrogen-bond donors (Lipinski definition) is 5. The van der Waals surface area contributed by atoms with Crippen molar-refractivity contribution < 1.29 is 58.5 Å². The van der Waals surface area contributed by atoms with Gasteiger partial charge in [0.25, 0.3) is 0 Å². The number of ketones is 3. The van der Waals surface area contributed by atoms with Crippen LogP contribution in [-0.2, 0) is 30.2 Å². The highest BCUT2D eigenvalue weighted by atomic mass is 16.7. The van der Waals surface area contributed by atoms with Gasteiger partial charge in [-0.05, 0) is 32.3 Å². The molecule has 0 saturated carbocycles. The molecule has 0 amide bonds. The van der Waals surface area contributed by atoms with Crippen LogP contribution < -0.4 is 10.5 Å². The maximum atomic E-state index is 13.8. The Bertz CT molecular complexity index is 1530. The van der Waals surface area contributed by atoms with Crippen molar-refractivity contribution in [2.75, 3.05) is 26.9 Å². The number of aliphatic hydroxyl groups excluding tert-OH is 1. The summed E-state index contributed by atoms with van der Waals surface area (Å²) in [5.74, 6) is -3.68. The normalized spacial score (nSPS) is 31.1. The fourth-order valence-corrected chi connectivity index (χ4v) is 6.91. The van der Waals surface area contributed by atoms with Crippen LogP contribution in [0.3, 0.4) is 0 Å². The van der Waals surface area contributed by atoms with Gasteiger partial charge >= 0.3 is 0 Å². The van der Waals surface area contributed by atoms with E-state index in [1.807, 2.05) is 6.92 Å². The Hall–Kier alpha value is -3.43. The molecule has 2 aliphatic carbocycles. The third-order valence-electron chi connectivity index (χ3n) is 9.32. The highest BCUT2D eigenvalue weighted by Gasteiger charge is 2.50. The molecule has 4 aliphatic rings. The molecular weight excluding hydrogens is 590 g/mol. The minimum atomic E-state index is -2.24. The van der Waals surface area contributed by atoms with Crippen LogP contribution >= 0.6 is 0 Å². The monoisotopic (exact) mass is 627 g/mol. The van der Waals surface area contributed by atoms with E-state index < -0.39 is 102 Å². The van der Waals surface area contributed by atoms with E-state index in [4.69, 9.17) is 29.4 Å². The molecule has 0 spiro atoms. The first kappa shape index (κ1) is 31.5. The molecule has 13 heteroatoms. The molecule has 2 aliphatic heterocycles. The zero-order valence-corrected chi connectivity index (χ0v) is 25.0. The Labute approximate surface area is 258 Å². The molecule has 6 N–H and O–H groups in total. The Morgan fingerprint density at radius 3 is 2.51 bits per heavy atom. The predicted molar refractivity (Wildman–Crippen MR) is 154 cm³/mol. The van der Waals surface area contributed by atoms with Crippen LogP contribution in [0.1, 0.15) is 81.7 Å². The summed E-state index contributed by atoms with van der Waals surface area (Å²) in [6.45, 7) is 1.35.